The molecule has 32 heavy (non-hydrogen) atoms. The van der Waals surface area contributed by atoms with Gasteiger partial charge in [0, 0.05) is 25.3 Å². The maximum Gasteiger partial charge on any atom is 0.227 e. The number of aromatic hydroxyl groups is 1. The van der Waals surface area contributed by atoms with Gasteiger partial charge in [0.1, 0.15) is 17.3 Å². The van der Waals surface area contributed by atoms with Crippen LogP contribution in [0.5, 0.6) is 17.2 Å². The third-order valence-corrected chi connectivity index (χ3v) is 5.49. The number of primary amides is 1. The first-order chi connectivity index (χ1) is 15.4. The SMILES string of the molecule is Cc1cc(=O)c(O)c([C@@H](CC(N)=O)c2ccc(OCCc3ccc4c(c3)CCO4)cc2)o1. The van der Waals surface area contributed by atoms with Crippen molar-refractivity contribution in [3.63, 3.8) is 0 Å². The minimum absolute atomic E-state index is 0.0306. The summed E-state index contributed by atoms with van der Waals surface area (Å²) >= 11 is 0. The predicted molar refractivity (Wildman–Crippen MR) is 118 cm³/mol. The minimum Gasteiger partial charge on any atom is -0.502 e. The van der Waals surface area contributed by atoms with Gasteiger partial charge in [-0.3, -0.25) is 9.59 Å². The summed E-state index contributed by atoms with van der Waals surface area (Å²) in [6.45, 7) is 2.86. The molecule has 7 heteroatoms. The van der Waals surface area contributed by atoms with Crippen molar-refractivity contribution in [2.45, 2.75) is 32.1 Å². The summed E-state index contributed by atoms with van der Waals surface area (Å²) in [5, 5.41) is 10.2. The van der Waals surface area contributed by atoms with E-state index in [9.17, 15) is 14.7 Å². The maximum absolute atomic E-state index is 12.0. The highest BCUT2D eigenvalue weighted by Gasteiger charge is 2.25. The van der Waals surface area contributed by atoms with Gasteiger partial charge in [0.25, 0.3) is 0 Å². The summed E-state index contributed by atoms with van der Waals surface area (Å²) in [5.74, 6) is 0.249. The van der Waals surface area contributed by atoms with Gasteiger partial charge in [-0.15, -0.1) is 0 Å². The Morgan fingerprint density at radius 2 is 1.97 bits per heavy atom. The van der Waals surface area contributed by atoms with Crippen LogP contribution in [0.15, 0.2) is 57.7 Å². The number of fused-ring (bicyclic) bond motifs is 1. The van der Waals surface area contributed by atoms with Crippen molar-refractivity contribution >= 4 is 5.91 Å². The van der Waals surface area contributed by atoms with E-state index in [0.29, 0.717) is 23.7 Å². The Morgan fingerprint density at radius 1 is 1.19 bits per heavy atom. The van der Waals surface area contributed by atoms with Gasteiger partial charge >= 0.3 is 0 Å². The fourth-order valence-corrected chi connectivity index (χ4v) is 3.90. The highest BCUT2D eigenvalue weighted by atomic mass is 16.5. The first kappa shape index (κ1) is 21.5. The zero-order valence-electron chi connectivity index (χ0n) is 17.8. The van der Waals surface area contributed by atoms with Crippen molar-refractivity contribution in [1.29, 1.82) is 0 Å². The second-order valence-corrected chi connectivity index (χ2v) is 7.87. The van der Waals surface area contributed by atoms with Crippen molar-refractivity contribution < 1.29 is 23.8 Å². The van der Waals surface area contributed by atoms with Gasteiger partial charge in [0.15, 0.2) is 5.76 Å². The second kappa shape index (κ2) is 9.18. The lowest BCUT2D eigenvalue weighted by Crippen LogP contribution is -2.17. The number of benzene rings is 2. The molecule has 0 spiro atoms. The predicted octanol–water partition coefficient (Wildman–Crippen LogP) is 3.22. The fourth-order valence-electron chi connectivity index (χ4n) is 3.90. The van der Waals surface area contributed by atoms with Gasteiger partial charge < -0.3 is 24.7 Å². The van der Waals surface area contributed by atoms with Crippen LogP contribution in [-0.4, -0.2) is 24.2 Å². The molecule has 4 rings (SSSR count). The summed E-state index contributed by atoms with van der Waals surface area (Å²) in [6, 6.07) is 14.5. The fraction of sp³-hybridized carbons (Fsp3) is 0.280. The molecular formula is C25H25NO6. The second-order valence-electron chi connectivity index (χ2n) is 7.87. The Balaban J connectivity index is 1.46. The molecule has 0 saturated heterocycles. The quantitative estimate of drug-likeness (QED) is 0.562. The third-order valence-electron chi connectivity index (χ3n) is 5.49. The van der Waals surface area contributed by atoms with Crippen molar-refractivity contribution in [2.75, 3.05) is 13.2 Å². The zero-order chi connectivity index (χ0) is 22.7. The van der Waals surface area contributed by atoms with Gasteiger partial charge in [0.2, 0.25) is 17.1 Å². The van der Waals surface area contributed by atoms with Crippen LogP contribution in [0, 0.1) is 6.92 Å². The Hall–Kier alpha value is -3.74. The number of hydrogen-bond acceptors (Lipinski definition) is 6. The molecule has 166 valence electrons. The third kappa shape index (κ3) is 4.77. The van der Waals surface area contributed by atoms with E-state index in [1.165, 1.54) is 17.2 Å². The lowest BCUT2D eigenvalue weighted by molar-refractivity contribution is -0.118. The van der Waals surface area contributed by atoms with Gasteiger partial charge in [-0.05, 0) is 41.8 Å². The zero-order valence-corrected chi connectivity index (χ0v) is 17.8. The van der Waals surface area contributed by atoms with Crippen molar-refractivity contribution in [2.24, 2.45) is 5.73 Å². The van der Waals surface area contributed by atoms with E-state index in [-0.39, 0.29) is 12.2 Å². The molecule has 1 amide bonds. The van der Waals surface area contributed by atoms with E-state index < -0.39 is 23.0 Å². The summed E-state index contributed by atoms with van der Waals surface area (Å²) in [4.78, 5) is 23.6. The Bertz CT molecular complexity index is 1180. The van der Waals surface area contributed by atoms with Crippen LogP contribution in [0.4, 0.5) is 0 Å². The lowest BCUT2D eigenvalue weighted by Gasteiger charge is -2.17. The van der Waals surface area contributed by atoms with Gasteiger partial charge in [-0.2, -0.15) is 0 Å². The maximum atomic E-state index is 12.0. The largest absolute Gasteiger partial charge is 0.502 e. The summed E-state index contributed by atoms with van der Waals surface area (Å²) in [7, 11) is 0. The molecule has 0 bridgehead atoms. The summed E-state index contributed by atoms with van der Waals surface area (Å²) in [5.41, 5.74) is 7.95. The van der Waals surface area contributed by atoms with Crippen LogP contribution >= 0.6 is 0 Å². The summed E-state index contributed by atoms with van der Waals surface area (Å²) < 4.78 is 17.0. The molecule has 2 heterocycles. The molecule has 1 aromatic heterocycles. The van der Waals surface area contributed by atoms with Crippen LogP contribution in [0.3, 0.4) is 0 Å². The van der Waals surface area contributed by atoms with Crippen LogP contribution in [-0.2, 0) is 17.6 Å². The van der Waals surface area contributed by atoms with Gasteiger partial charge in [-0.25, -0.2) is 0 Å². The average Bonchev–Trinajstić information content (AvgIpc) is 3.23. The minimum atomic E-state index is -0.678. The molecule has 2 aromatic carbocycles. The lowest BCUT2D eigenvalue weighted by atomic mass is 9.92. The van der Waals surface area contributed by atoms with E-state index in [1.54, 1.807) is 31.2 Å². The molecular weight excluding hydrogens is 410 g/mol. The molecule has 0 aliphatic carbocycles. The van der Waals surface area contributed by atoms with E-state index in [4.69, 9.17) is 19.6 Å². The number of aryl methyl sites for hydroxylation is 1. The van der Waals surface area contributed by atoms with E-state index in [0.717, 1.165) is 25.2 Å². The molecule has 0 radical (unpaired) electrons. The van der Waals surface area contributed by atoms with E-state index in [2.05, 4.69) is 6.07 Å². The van der Waals surface area contributed by atoms with Crippen LogP contribution < -0.4 is 20.6 Å². The first-order valence-electron chi connectivity index (χ1n) is 10.5. The Morgan fingerprint density at radius 3 is 2.72 bits per heavy atom. The molecule has 0 unspecified atom stereocenters. The van der Waals surface area contributed by atoms with Crippen LogP contribution in [0.25, 0.3) is 0 Å². The van der Waals surface area contributed by atoms with E-state index in [1.807, 2.05) is 12.1 Å². The molecule has 3 N–H and O–H groups in total. The Kier molecular flexibility index (Phi) is 6.16. The first-order valence-corrected chi connectivity index (χ1v) is 10.5. The number of carbonyl (C=O) groups excluding carboxylic acids is 1. The summed E-state index contributed by atoms with van der Waals surface area (Å²) in [6.07, 6.45) is 1.60. The number of amides is 1. The van der Waals surface area contributed by atoms with Crippen molar-refractivity contribution in [3.05, 3.63) is 87.0 Å². The molecule has 3 aromatic rings. The number of ether oxygens (including phenoxy) is 2. The van der Waals surface area contributed by atoms with Gasteiger partial charge in [0.05, 0.1) is 19.1 Å². The van der Waals surface area contributed by atoms with Gasteiger partial charge in [-0.1, -0.05) is 24.3 Å². The topological polar surface area (TPSA) is 112 Å². The molecule has 0 fully saturated rings. The molecule has 1 aliphatic rings. The standard InChI is InChI=1S/C25H25NO6/c1-15-12-21(27)24(29)25(32-15)20(14-23(26)28)17-3-5-19(6-4-17)30-10-8-16-2-7-22-18(13-16)9-11-31-22/h2-7,12-13,20,29H,8-11,14H2,1H3,(H2,26,28)/t20-/m0/s1. The smallest absolute Gasteiger partial charge is 0.227 e. The number of nitrogens with two attached hydrogens (primary N) is 1. The number of carbonyl (C=O) groups is 1. The number of rotatable bonds is 8. The van der Waals surface area contributed by atoms with E-state index >= 15 is 0 Å². The van der Waals surface area contributed by atoms with Crippen molar-refractivity contribution in [1.82, 2.24) is 0 Å². The molecule has 1 atom stereocenters. The normalized spacial score (nSPS) is 13.3. The monoisotopic (exact) mass is 435 g/mol. The number of hydrogen-bond donors (Lipinski definition) is 2. The highest BCUT2D eigenvalue weighted by molar-refractivity contribution is 5.75. The molecule has 1 aliphatic heterocycles. The van der Waals surface area contributed by atoms with Crippen LogP contribution in [0.2, 0.25) is 0 Å². The Labute approximate surface area is 185 Å². The average molecular weight is 435 g/mol. The van der Waals surface area contributed by atoms with Crippen molar-refractivity contribution in [3.8, 4) is 17.2 Å². The molecule has 7 nitrogen and oxygen atoms in total. The van der Waals surface area contributed by atoms with Crippen LogP contribution in [0.1, 0.15) is 40.5 Å². The molecule has 0 saturated carbocycles. The highest BCUT2D eigenvalue weighted by Crippen LogP contribution is 2.33.